The molecule has 1 spiro atoms. The number of pyridine rings is 1. The highest BCUT2D eigenvalue weighted by Crippen LogP contribution is 2.55. The molecular formula is C56H53N3O+2. The molecule has 3 aliphatic rings. The van der Waals surface area contributed by atoms with Gasteiger partial charge in [-0.25, -0.2) is 0 Å². The Balaban J connectivity index is 1.36. The second kappa shape index (κ2) is 12.2. The number of aromatic nitrogens is 3. The van der Waals surface area contributed by atoms with Gasteiger partial charge in [0.05, 0.1) is 15.2 Å². The van der Waals surface area contributed by atoms with E-state index in [1.54, 1.807) is 4.57 Å². The zero-order valence-electron chi connectivity index (χ0n) is 43.9. The molecule has 6 aromatic carbocycles. The highest BCUT2D eigenvalue weighted by atomic mass is 16.5. The minimum absolute atomic E-state index is 0.0603. The van der Waals surface area contributed by atoms with E-state index in [1.165, 1.54) is 5.56 Å². The number of hydrogen-bond acceptors (Lipinski definition) is 1. The minimum atomic E-state index is -1.70. The van der Waals surface area contributed by atoms with Gasteiger partial charge in [0.2, 0.25) is 5.69 Å². The number of aryl methyl sites for hydroxylation is 2. The Morgan fingerprint density at radius 3 is 2.12 bits per heavy atom. The van der Waals surface area contributed by atoms with E-state index in [2.05, 4.69) is 156 Å². The number of benzene rings is 6. The van der Waals surface area contributed by atoms with Crippen molar-refractivity contribution in [3.8, 4) is 67.5 Å². The number of hydrogen-bond donors (Lipinski definition) is 0. The second-order valence-electron chi connectivity index (χ2n) is 19.4. The first-order chi connectivity index (χ1) is 31.9. The smallest absolute Gasteiger partial charge is 0.392 e. The molecule has 4 nitrogen and oxygen atoms in total. The Labute approximate surface area is 365 Å². The monoisotopic (exact) mass is 791 g/mol. The highest BCUT2D eigenvalue weighted by Gasteiger charge is 2.69. The van der Waals surface area contributed by atoms with Crippen LogP contribution in [-0.4, -0.2) is 4.57 Å². The molecule has 0 aliphatic carbocycles. The maximum atomic E-state index is 10.2. The summed E-state index contributed by atoms with van der Waals surface area (Å²) in [6.45, 7) is 21.9. The zero-order chi connectivity index (χ0) is 48.6. The predicted octanol–water partition coefficient (Wildman–Crippen LogP) is 13.0. The summed E-state index contributed by atoms with van der Waals surface area (Å²) in [7, 11) is 0. The van der Waals surface area contributed by atoms with Crippen molar-refractivity contribution < 1.29 is 24.8 Å². The number of rotatable bonds is 4. The summed E-state index contributed by atoms with van der Waals surface area (Å²) in [5.41, 5.74) is 11.9. The lowest BCUT2D eigenvalue weighted by atomic mass is 9.65. The first-order valence-corrected chi connectivity index (χ1v) is 20.9. The van der Waals surface area contributed by atoms with E-state index in [9.17, 15) is 4.11 Å². The summed E-state index contributed by atoms with van der Waals surface area (Å²) >= 11 is 0. The molecule has 0 fully saturated rings. The van der Waals surface area contributed by atoms with Crippen molar-refractivity contribution in [1.29, 1.82) is 0 Å². The normalized spacial score (nSPS) is 17.9. The summed E-state index contributed by atoms with van der Waals surface area (Å²) in [6, 6.07) is 28.7. The fraction of sp³-hybridized carbons (Fsp3) is 0.250. The summed E-state index contributed by atoms with van der Waals surface area (Å²) in [6.07, 6.45) is -0.331. The van der Waals surface area contributed by atoms with Crippen LogP contribution in [0.4, 0.5) is 0 Å². The van der Waals surface area contributed by atoms with Gasteiger partial charge in [0.25, 0.3) is 0 Å². The van der Waals surface area contributed by atoms with E-state index in [1.807, 2.05) is 13.0 Å². The third-order valence-electron chi connectivity index (χ3n) is 13.7. The van der Waals surface area contributed by atoms with Crippen LogP contribution in [0.25, 0.3) is 72.7 Å². The molecule has 8 aromatic rings. The summed E-state index contributed by atoms with van der Waals surface area (Å²) in [5, 5.41) is 0. The summed E-state index contributed by atoms with van der Waals surface area (Å²) < 4.78 is 87.6. The molecular weight excluding hydrogens is 731 g/mol. The number of ether oxygens (including phenoxy) is 1. The molecule has 11 rings (SSSR count). The Morgan fingerprint density at radius 1 is 0.650 bits per heavy atom. The van der Waals surface area contributed by atoms with Gasteiger partial charge in [-0.3, -0.25) is 0 Å². The van der Waals surface area contributed by atoms with E-state index < -0.39 is 42.1 Å². The lowest BCUT2D eigenvalue weighted by Crippen LogP contribution is -2.78. The van der Waals surface area contributed by atoms with Crippen LogP contribution in [0, 0.1) is 19.3 Å². The summed E-state index contributed by atoms with van der Waals surface area (Å²) in [4.78, 5) is 0. The number of fused-ring (bicyclic) bond motifs is 5. The molecule has 1 unspecified atom stereocenters. The van der Waals surface area contributed by atoms with E-state index in [-0.39, 0.29) is 45.3 Å². The standard InChI is InChI=1S/C56H53N3O/c1-34-28-35(2)51-45(29-34)52-58(46-25-24-39(55(9,10)54(6,7)8)31-42(46)37-20-15-12-16-21-37)47-23-17-22-41-43-32-40(53(3,4)5)33-44-48-30-38(36-18-13-11-14-19-36)26-27-57(48)56(60-51,49(43)44)59(52)50(41)47/h11-33H,1-10H3/q+2/i11D,13D,14D,18D,19D,26D,27D,30D. The Bertz CT molecular complexity index is 3570. The molecule has 1 atom stereocenters. The van der Waals surface area contributed by atoms with Crippen LogP contribution in [0.15, 0.2) is 139 Å². The first-order valence-electron chi connectivity index (χ1n) is 24.9. The molecule has 0 bridgehead atoms. The Morgan fingerprint density at radius 2 is 1.38 bits per heavy atom. The van der Waals surface area contributed by atoms with Crippen LogP contribution in [0.2, 0.25) is 0 Å². The molecule has 296 valence electrons. The van der Waals surface area contributed by atoms with Crippen LogP contribution < -0.4 is 13.9 Å². The van der Waals surface area contributed by atoms with E-state index in [4.69, 9.17) is 11.6 Å². The van der Waals surface area contributed by atoms with Crippen molar-refractivity contribution in [3.05, 3.63) is 167 Å². The van der Waals surface area contributed by atoms with Gasteiger partial charge < -0.3 is 4.74 Å². The molecule has 0 N–H and O–H groups in total. The molecule has 3 aliphatic heterocycles. The molecule has 60 heavy (non-hydrogen) atoms. The topological polar surface area (TPSA) is 21.9 Å². The van der Waals surface area contributed by atoms with Crippen LogP contribution in [0.5, 0.6) is 5.75 Å². The fourth-order valence-corrected chi connectivity index (χ4v) is 9.64. The Kier molecular flexibility index (Phi) is 5.89. The largest absolute Gasteiger partial charge is 0.499 e. The molecule has 0 saturated carbocycles. The molecule has 0 saturated heterocycles. The fourth-order valence-electron chi connectivity index (χ4n) is 9.64. The molecule has 0 amide bonds. The van der Waals surface area contributed by atoms with E-state index >= 15 is 0 Å². The van der Waals surface area contributed by atoms with Crippen molar-refractivity contribution in [2.75, 3.05) is 0 Å². The van der Waals surface area contributed by atoms with Gasteiger partial charge in [-0.1, -0.05) is 134 Å². The quantitative estimate of drug-likeness (QED) is 0.163. The van der Waals surface area contributed by atoms with Gasteiger partial charge in [-0.05, 0) is 112 Å². The summed E-state index contributed by atoms with van der Waals surface area (Å²) in [5.74, 6) is -0.303. The maximum Gasteiger partial charge on any atom is 0.499 e. The zero-order valence-corrected chi connectivity index (χ0v) is 35.9. The van der Waals surface area contributed by atoms with E-state index in [0.29, 0.717) is 16.9 Å². The minimum Gasteiger partial charge on any atom is -0.392 e. The van der Waals surface area contributed by atoms with Crippen LogP contribution in [0.3, 0.4) is 0 Å². The predicted molar refractivity (Wildman–Crippen MR) is 245 cm³/mol. The second-order valence-corrected chi connectivity index (χ2v) is 19.4. The molecule has 2 aromatic heterocycles. The van der Waals surface area contributed by atoms with Gasteiger partial charge in [-0.2, -0.15) is 4.57 Å². The van der Waals surface area contributed by atoms with Crippen LogP contribution >= 0.6 is 0 Å². The van der Waals surface area contributed by atoms with Crippen LogP contribution in [0.1, 0.15) is 94.2 Å². The van der Waals surface area contributed by atoms with Crippen molar-refractivity contribution in [2.24, 2.45) is 5.41 Å². The third-order valence-corrected chi connectivity index (χ3v) is 13.7. The molecule has 0 radical (unpaired) electrons. The van der Waals surface area contributed by atoms with E-state index in [0.717, 1.165) is 67.1 Å². The number of para-hydroxylation sites is 1. The van der Waals surface area contributed by atoms with Gasteiger partial charge in [0.1, 0.15) is 18.2 Å². The average Bonchev–Trinajstić information content (AvgIpc) is 3.80. The van der Waals surface area contributed by atoms with Crippen molar-refractivity contribution in [3.63, 3.8) is 0 Å². The number of nitrogens with zero attached hydrogens (tertiary/aromatic N) is 3. The Hall–Kier alpha value is -6.26. The first kappa shape index (κ1) is 29.0. The highest BCUT2D eigenvalue weighted by molar-refractivity contribution is 5.98. The average molecular weight is 792 g/mol. The SMILES string of the molecule is [2H]c1c([2H])c([2H])c(-c2c([2H])c([2H])[n+]3c(c2[2H])-c2cc(C(C)(C)C)cc4c2C32Oc3c(C)cc(C)cc3-c3n(-c5ccc(C(C)(C)C(C)(C)C)cc5-c5ccccc5)c5cccc-4c5[n+]32)c([2H])c1[2H]. The lowest BCUT2D eigenvalue weighted by molar-refractivity contribution is -0.997. The number of imidazole rings is 1. The van der Waals surface area contributed by atoms with Crippen molar-refractivity contribution in [2.45, 2.75) is 85.9 Å². The van der Waals surface area contributed by atoms with Gasteiger partial charge in [0, 0.05) is 28.8 Å². The van der Waals surface area contributed by atoms with Crippen molar-refractivity contribution >= 4 is 11.0 Å². The molecule has 5 heterocycles. The van der Waals surface area contributed by atoms with Gasteiger partial charge in [0.15, 0.2) is 23.0 Å². The van der Waals surface area contributed by atoms with Crippen LogP contribution in [-0.2, 0) is 16.7 Å². The van der Waals surface area contributed by atoms with Gasteiger partial charge in [-0.15, -0.1) is 9.13 Å². The maximum absolute atomic E-state index is 10.2. The third kappa shape index (κ3) is 4.85. The lowest BCUT2D eigenvalue weighted by Gasteiger charge is -2.39. The van der Waals surface area contributed by atoms with Gasteiger partial charge >= 0.3 is 11.7 Å². The molecule has 4 heteroatoms. The van der Waals surface area contributed by atoms with Crippen molar-refractivity contribution in [1.82, 2.24) is 4.57 Å².